The molecule has 0 heterocycles. The van der Waals surface area contributed by atoms with Gasteiger partial charge < -0.3 is 10.2 Å². The Balaban J connectivity index is 2.09. The first-order valence-electron chi connectivity index (χ1n) is 6.21. The summed E-state index contributed by atoms with van der Waals surface area (Å²) >= 11 is 0. The first-order valence-corrected chi connectivity index (χ1v) is 6.21. The molecule has 3 rings (SSSR count). The Hall–Kier alpha value is -2.48. The van der Waals surface area contributed by atoms with Crippen molar-refractivity contribution in [1.29, 1.82) is 0 Å². The molecule has 0 aromatic heterocycles. The van der Waals surface area contributed by atoms with Gasteiger partial charge >= 0.3 is 0 Å². The molecule has 0 aliphatic heterocycles. The van der Waals surface area contributed by atoms with Crippen LogP contribution in [0.4, 0.5) is 0 Å². The first kappa shape index (κ1) is 11.6. The highest BCUT2D eigenvalue weighted by atomic mass is 16.3. The van der Waals surface area contributed by atoms with E-state index in [0.29, 0.717) is 6.42 Å². The van der Waals surface area contributed by atoms with E-state index in [2.05, 4.69) is 0 Å². The molecule has 0 amide bonds. The van der Waals surface area contributed by atoms with Crippen LogP contribution in [0.5, 0.6) is 11.5 Å². The molecule has 0 bridgehead atoms. The highest BCUT2D eigenvalue weighted by Crippen LogP contribution is 2.31. The van der Waals surface area contributed by atoms with Gasteiger partial charge in [0.15, 0.2) is 0 Å². The Morgan fingerprint density at radius 1 is 0.737 bits per heavy atom. The topological polar surface area (TPSA) is 40.5 Å². The summed E-state index contributed by atoms with van der Waals surface area (Å²) in [7, 11) is 0. The molecule has 0 fully saturated rings. The van der Waals surface area contributed by atoms with E-state index in [1.807, 2.05) is 42.5 Å². The van der Waals surface area contributed by atoms with Gasteiger partial charge in [-0.05, 0) is 34.7 Å². The van der Waals surface area contributed by atoms with E-state index in [1.54, 1.807) is 18.2 Å². The van der Waals surface area contributed by atoms with Gasteiger partial charge in [0.05, 0.1) is 0 Å². The molecule has 2 nitrogen and oxygen atoms in total. The molecular weight excluding hydrogens is 236 g/mol. The largest absolute Gasteiger partial charge is 0.508 e. The standard InChI is InChI=1S/C17H14O2/c18-16-8-4-7-13-11-17(19)14(10-15(13)16)9-12-5-2-1-3-6-12/h1-8,10-11,18-19H,9H2. The van der Waals surface area contributed by atoms with Crippen LogP contribution in [0.25, 0.3) is 10.8 Å². The molecule has 2 N–H and O–H groups in total. The number of rotatable bonds is 2. The summed E-state index contributed by atoms with van der Waals surface area (Å²) in [5, 5.41) is 21.6. The summed E-state index contributed by atoms with van der Waals surface area (Å²) < 4.78 is 0. The molecular formula is C17H14O2. The summed E-state index contributed by atoms with van der Waals surface area (Å²) in [5.41, 5.74) is 1.95. The Bertz CT molecular complexity index is 718. The minimum absolute atomic E-state index is 0.242. The van der Waals surface area contributed by atoms with Crippen molar-refractivity contribution < 1.29 is 10.2 Å². The Morgan fingerprint density at radius 2 is 1.53 bits per heavy atom. The fourth-order valence-corrected chi connectivity index (χ4v) is 2.30. The van der Waals surface area contributed by atoms with Crippen LogP contribution in [-0.4, -0.2) is 10.2 Å². The predicted octanol–water partition coefficient (Wildman–Crippen LogP) is 3.84. The molecule has 3 aromatic rings. The Labute approximate surface area is 111 Å². The van der Waals surface area contributed by atoms with Crippen LogP contribution in [0.3, 0.4) is 0 Å². The van der Waals surface area contributed by atoms with E-state index in [-0.39, 0.29) is 11.5 Å². The number of benzene rings is 3. The second-order valence-corrected chi connectivity index (χ2v) is 4.64. The van der Waals surface area contributed by atoms with Gasteiger partial charge in [0.2, 0.25) is 0 Å². The zero-order valence-corrected chi connectivity index (χ0v) is 10.4. The summed E-state index contributed by atoms with van der Waals surface area (Å²) in [4.78, 5) is 0. The number of hydrogen-bond donors (Lipinski definition) is 2. The molecule has 0 unspecified atom stereocenters. The third-order valence-electron chi connectivity index (χ3n) is 3.29. The smallest absolute Gasteiger partial charge is 0.123 e. The van der Waals surface area contributed by atoms with Crippen molar-refractivity contribution in [3.63, 3.8) is 0 Å². The molecule has 0 aliphatic carbocycles. The normalized spacial score (nSPS) is 10.7. The van der Waals surface area contributed by atoms with Gasteiger partial charge in [-0.1, -0.05) is 42.5 Å². The molecule has 3 aromatic carbocycles. The van der Waals surface area contributed by atoms with E-state index < -0.39 is 0 Å². The summed E-state index contributed by atoms with van der Waals surface area (Å²) in [5.74, 6) is 0.508. The molecule has 0 aliphatic rings. The van der Waals surface area contributed by atoms with Crippen molar-refractivity contribution in [2.24, 2.45) is 0 Å². The zero-order chi connectivity index (χ0) is 13.2. The lowest BCUT2D eigenvalue weighted by Gasteiger charge is -2.08. The third kappa shape index (κ3) is 2.25. The van der Waals surface area contributed by atoms with Crippen molar-refractivity contribution >= 4 is 10.8 Å². The molecule has 94 valence electrons. The van der Waals surface area contributed by atoms with Gasteiger partial charge in [-0.3, -0.25) is 0 Å². The second-order valence-electron chi connectivity index (χ2n) is 4.64. The van der Waals surface area contributed by atoms with Crippen molar-refractivity contribution in [2.45, 2.75) is 6.42 Å². The molecule has 0 atom stereocenters. The SMILES string of the molecule is Oc1cc2cccc(O)c2cc1Cc1ccccc1. The van der Waals surface area contributed by atoms with Crippen molar-refractivity contribution in [3.05, 3.63) is 71.8 Å². The lowest BCUT2D eigenvalue weighted by Crippen LogP contribution is -1.89. The van der Waals surface area contributed by atoms with E-state index in [4.69, 9.17) is 0 Å². The van der Waals surface area contributed by atoms with Crippen LogP contribution in [0, 0.1) is 0 Å². The summed E-state index contributed by atoms with van der Waals surface area (Å²) in [6, 6.07) is 18.8. The number of phenols is 2. The fourth-order valence-electron chi connectivity index (χ4n) is 2.30. The average Bonchev–Trinajstić information content (AvgIpc) is 2.42. The van der Waals surface area contributed by atoms with Crippen LogP contribution in [-0.2, 0) is 6.42 Å². The number of aromatic hydroxyl groups is 2. The van der Waals surface area contributed by atoms with E-state index in [0.717, 1.165) is 21.9 Å². The highest BCUT2D eigenvalue weighted by molar-refractivity contribution is 5.90. The molecule has 0 saturated carbocycles. The number of hydrogen-bond acceptors (Lipinski definition) is 2. The van der Waals surface area contributed by atoms with Crippen molar-refractivity contribution in [2.75, 3.05) is 0 Å². The van der Waals surface area contributed by atoms with Gasteiger partial charge in [-0.2, -0.15) is 0 Å². The highest BCUT2D eigenvalue weighted by Gasteiger charge is 2.07. The molecule has 2 heteroatoms. The molecule has 0 spiro atoms. The summed E-state index contributed by atoms with van der Waals surface area (Å²) in [6.07, 6.45) is 0.650. The quantitative estimate of drug-likeness (QED) is 0.725. The molecule has 19 heavy (non-hydrogen) atoms. The van der Waals surface area contributed by atoms with Crippen LogP contribution >= 0.6 is 0 Å². The van der Waals surface area contributed by atoms with Gasteiger partial charge in [0.25, 0.3) is 0 Å². The van der Waals surface area contributed by atoms with Crippen LogP contribution in [0.1, 0.15) is 11.1 Å². The lowest BCUT2D eigenvalue weighted by atomic mass is 10.00. The van der Waals surface area contributed by atoms with E-state index in [9.17, 15) is 10.2 Å². The number of phenolic OH excluding ortho intramolecular Hbond substituents is 2. The lowest BCUT2D eigenvalue weighted by molar-refractivity contribution is 0.469. The van der Waals surface area contributed by atoms with E-state index >= 15 is 0 Å². The zero-order valence-electron chi connectivity index (χ0n) is 10.4. The maximum absolute atomic E-state index is 10.1. The predicted molar refractivity (Wildman–Crippen MR) is 76.5 cm³/mol. The minimum Gasteiger partial charge on any atom is -0.508 e. The van der Waals surface area contributed by atoms with Crippen molar-refractivity contribution in [3.8, 4) is 11.5 Å². The van der Waals surface area contributed by atoms with Crippen LogP contribution < -0.4 is 0 Å². The van der Waals surface area contributed by atoms with Gasteiger partial charge in [-0.15, -0.1) is 0 Å². The van der Waals surface area contributed by atoms with Gasteiger partial charge in [-0.25, -0.2) is 0 Å². The summed E-state index contributed by atoms with van der Waals surface area (Å²) in [6.45, 7) is 0. The van der Waals surface area contributed by atoms with Crippen LogP contribution in [0.2, 0.25) is 0 Å². The monoisotopic (exact) mass is 250 g/mol. The average molecular weight is 250 g/mol. The van der Waals surface area contributed by atoms with Crippen LogP contribution in [0.15, 0.2) is 60.7 Å². The minimum atomic E-state index is 0.242. The van der Waals surface area contributed by atoms with Gasteiger partial charge in [0.1, 0.15) is 11.5 Å². The maximum Gasteiger partial charge on any atom is 0.123 e. The third-order valence-corrected chi connectivity index (χ3v) is 3.29. The van der Waals surface area contributed by atoms with E-state index in [1.165, 1.54) is 0 Å². The number of fused-ring (bicyclic) bond motifs is 1. The fraction of sp³-hybridized carbons (Fsp3) is 0.0588. The first-order chi connectivity index (χ1) is 9.24. The molecule has 0 radical (unpaired) electrons. The second kappa shape index (κ2) is 4.65. The Kier molecular flexibility index (Phi) is 2.84. The Morgan fingerprint density at radius 3 is 2.32 bits per heavy atom. The van der Waals surface area contributed by atoms with Crippen molar-refractivity contribution in [1.82, 2.24) is 0 Å². The molecule has 0 saturated heterocycles. The maximum atomic E-state index is 10.1. The van der Waals surface area contributed by atoms with Gasteiger partial charge in [0, 0.05) is 11.8 Å².